The van der Waals surface area contributed by atoms with Crippen LogP contribution < -0.4 is 11.1 Å². The Morgan fingerprint density at radius 1 is 1.10 bits per heavy atom. The van der Waals surface area contributed by atoms with Gasteiger partial charge < -0.3 is 11.1 Å². The average molecular weight is 401 g/mol. The van der Waals surface area contributed by atoms with Crippen molar-refractivity contribution in [3.63, 3.8) is 0 Å². The molecule has 0 aliphatic carbocycles. The first kappa shape index (κ1) is 14.8. The van der Waals surface area contributed by atoms with Gasteiger partial charge in [0.25, 0.3) is 5.91 Å². The Kier molecular flexibility index (Phi) is 4.61. The minimum absolute atomic E-state index is 0.238. The van der Waals surface area contributed by atoms with Crippen LogP contribution in [0, 0.1) is 3.57 Å². The van der Waals surface area contributed by atoms with Crippen LogP contribution in [0.15, 0.2) is 42.5 Å². The fourth-order valence-corrected chi connectivity index (χ4v) is 2.71. The molecule has 0 aliphatic rings. The van der Waals surface area contributed by atoms with Crippen LogP contribution in [0.2, 0.25) is 5.02 Å². The molecule has 2 rings (SSSR count). The number of carbonyl (C=O) groups is 2. The van der Waals surface area contributed by atoms with Gasteiger partial charge in [-0.1, -0.05) is 11.6 Å². The third-order valence-electron chi connectivity index (χ3n) is 2.60. The van der Waals surface area contributed by atoms with Crippen molar-refractivity contribution in [1.29, 1.82) is 0 Å². The van der Waals surface area contributed by atoms with Crippen LogP contribution in [0.3, 0.4) is 0 Å². The molecule has 0 saturated carbocycles. The van der Waals surface area contributed by atoms with Crippen molar-refractivity contribution in [2.24, 2.45) is 5.73 Å². The molecular weight excluding hydrogens is 391 g/mol. The van der Waals surface area contributed by atoms with E-state index >= 15 is 0 Å². The maximum atomic E-state index is 12.1. The number of amides is 2. The van der Waals surface area contributed by atoms with Crippen LogP contribution in [0.5, 0.6) is 0 Å². The Balaban J connectivity index is 2.17. The molecule has 2 aromatic carbocycles. The molecule has 2 aromatic rings. The number of benzene rings is 2. The zero-order chi connectivity index (χ0) is 14.7. The third-order valence-corrected chi connectivity index (χ3v) is 3.73. The Labute approximate surface area is 134 Å². The molecule has 0 bridgehead atoms. The fraction of sp³-hybridized carbons (Fsp3) is 0. The Morgan fingerprint density at radius 2 is 1.75 bits per heavy atom. The van der Waals surface area contributed by atoms with E-state index in [2.05, 4.69) is 27.9 Å². The normalized spacial score (nSPS) is 10.1. The summed E-state index contributed by atoms with van der Waals surface area (Å²) >= 11 is 7.90. The summed E-state index contributed by atoms with van der Waals surface area (Å²) in [7, 11) is 0. The van der Waals surface area contributed by atoms with Crippen molar-refractivity contribution in [3.8, 4) is 0 Å². The number of anilines is 1. The van der Waals surface area contributed by atoms with E-state index in [4.69, 9.17) is 17.3 Å². The zero-order valence-corrected chi connectivity index (χ0v) is 13.1. The third kappa shape index (κ3) is 3.49. The van der Waals surface area contributed by atoms with Crippen LogP contribution in [-0.2, 0) is 0 Å². The second kappa shape index (κ2) is 6.23. The molecule has 0 aliphatic heterocycles. The highest BCUT2D eigenvalue weighted by Crippen LogP contribution is 2.19. The van der Waals surface area contributed by atoms with Crippen molar-refractivity contribution in [2.75, 3.05) is 5.32 Å². The molecule has 3 N–H and O–H groups in total. The van der Waals surface area contributed by atoms with E-state index in [1.165, 1.54) is 0 Å². The van der Waals surface area contributed by atoms with Crippen molar-refractivity contribution < 1.29 is 9.59 Å². The zero-order valence-electron chi connectivity index (χ0n) is 10.2. The summed E-state index contributed by atoms with van der Waals surface area (Å²) in [6, 6.07) is 11.4. The summed E-state index contributed by atoms with van der Waals surface area (Å²) in [5.41, 5.74) is 6.67. The predicted molar refractivity (Wildman–Crippen MR) is 87.1 cm³/mol. The lowest BCUT2D eigenvalue weighted by Crippen LogP contribution is -2.14. The predicted octanol–water partition coefficient (Wildman–Crippen LogP) is 3.30. The Morgan fingerprint density at radius 3 is 2.30 bits per heavy atom. The van der Waals surface area contributed by atoms with E-state index in [0.717, 1.165) is 3.57 Å². The molecule has 4 nitrogen and oxygen atoms in total. The summed E-state index contributed by atoms with van der Waals surface area (Å²) in [5.74, 6) is -0.743. The smallest absolute Gasteiger partial charge is 0.256 e. The van der Waals surface area contributed by atoms with E-state index in [1.54, 1.807) is 42.5 Å². The SMILES string of the molecule is NC(=O)c1ccc(NC(=O)c2ccc(Cl)cc2I)cc1. The van der Waals surface area contributed by atoms with Gasteiger partial charge in [-0.25, -0.2) is 0 Å². The van der Waals surface area contributed by atoms with Crippen LogP contribution in [-0.4, -0.2) is 11.8 Å². The van der Waals surface area contributed by atoms with Gasteiger partial charge in [0.1, 0.15) is 0 Å². The number of nitrogens with one attached hydrogen (secondary N) is 1. The molecule has 2 amide bonds. The first-order valence-electron chi connectivity index (χ1n) is 5.63. The molecule has 102 valence electrons. The molecule has 0 saturated heterocycles. The van der Waals surface area contributed by atoms with Crippen molar-refractivity contribution in [1.82, 2.24) is 0 Å². The van der Waals surface area contributed by atoms with Gasteiger partial charge in [-0.3, -0.25) is 9.59 Å². The highest BCUT2D eigenvalue weighted by Gasteiger charge is 2.10. The average Bonchev–Trinajstić information content (AvgIpc) is 2.39. The minimum Gasteiger partial charge on any atom is -0.366 e. The van der Waals surface area contributed by atoms with Crippen molar-refractivity contribution in [2.45, 2.75) is 0 Å². The van der Waals surface area contributed by atoms with E-state index in [9.17, 15) is 9.59 Å². The molecule has 0 atom stereocenters. The van der Waals surface area contributed by atoms with E-state index in [-0.39, 0.29) is 5.91 Å². The first-order chi connectivity index (χ1) is 9.47. The molecule has 0 unspecified atom stereocenters. The quantitative estimate of drug-likeness (QED) is 0.776. The molecule has 20 heavy (non-hydrogen) atoms. The van der Waals surface area contributed by atoms with Crippen LogP contribution in [0.25, 0.3) is 0 Å². The van der Waals surface area contributed by atoms with Gasteiger partial charge in [0, 0.05) is 19.8 Å². The topological polar surface area (TPSA) is 72.2 Å². The number of rotatable bonds is 3. The molecule has 0 fully saturated rings. The molecule has 0 radical (unpaired) electrons. The Hall–Kier alpha value is -1.60. The molecule has 0 heterocycles. The van der Waals surface area contributed by atoms with Gasteiger partial charge >= 0.3 is 0 Å². The fourth-order valence-electron chi connectivity index (χ4n) is 1.59. The van der Waals surface area contributed by atoms with Crippen LogP contribution in [0.1, 0.15) is 20.7 Å². The number of carbonyl (C=O) groups excluding carboxylic acids is 2. The standard InChI is InChI=1S/C14H10ClIN2O2/c15-9-3-6-11(12(16)7-9)14(20)18-10-4-1-8(2-5-10)13(17)19/h1-7H,(H2,17,19)(H,18,20). The number of hydrogen-bond donors (Lipinski definition) is 2. The second-order valence-corrected chi connectivity index (χ2v) is 5.62. The first-order valence-corrected chi connectivity index (χ1v) is 7.09. The lowest BCUT2D eigenvalue weighted by Gasteiger charge is -2.07. The largest absolute Gasteiger partial charge is 0.366 e. The van der Waals surface area contributed by atoms with Gasteiger partial charge in [0.15, 0.2) is 0 Å². The molecule has 0 spiro atoms. The highest BCUT2D eigenvalue weighted by molar-refractivity contribution is 14.1. The van der Waals surface area contributed by atoms with Gasteiger partial charge in [-0.05, 0) is 65.1 Å². The van der Waals surface area contributed by atoms with E-state index in [1.807, 2.05) is 0 Å². The van der Waals surface area contributed by atoms with Gasteiger partial charge in [-0.15, -0.1) is 0 Å². The maximum Gasteiger partial charge on any atom is 0.256 e. The number of hydrogen-bond acceptors (Lipinski definition) is 2. The molecular formula is C14H10ClIN2O2. The lowest BCUT2D eigenvalue weighted by molar-refractivity contribution is 0.0998. The highest BCUT2D eigenvalue weighted by atomic mass is 127. The Bertz CT molecular complexity index is 671. The monoisotopic (exact) mass is 400 g/mol. The molecule has 0 aromatic heterocycles. The van der Waals surface area contributed by atoms with Crippen molar-refractivity contribution in [3.05, 3.63) is 62.2 Å². The van der Waals surface area contributed by atoms with Crippen LogP contribution >= 0.6 is 34.2 Å². The summed E-state index contributed by atoms with van der Waals surface area (Å²) in [6.45, 7) is 0. The van der Waals surface area contributed by atoms with Gasteiger partial charge in [0.05, 0.1) is 5.56 Å². The number of halogens is 2. The number of nitrogens with two attached hydrogens (primary N) is 1. The molecule has 6 heteroatoms. The minimum atomic E-state index is -0.505. The lowest BCUT2D eigenvalue weighted by atomic mass is 10.2. The summed E-state index contributed by atoms with van der Waals surface area (Å²) in [5, 5.41) is 3.33. The second-order valence-electron chi connectivity index (χ2n) is 4.02. The summed E-state index contributed by atoms with van der Waals surface area (Å²) in [6.07, 6.45) is 0. The van der Waals surface area contributed by atoms with E-state index in [0.29, 0.717) is 21.8 Å². The van der Waals surface area contributed by atoms with Gasteiger partial charge in [0.2, 0.25) is 5.91 Å². The maximum absolute atomic E-state index is 12.1. The number of primary amides is 1. The van der Waals surface area contributed by atoms with E-state index < -0.39 is 5.91 Å². The van der Waals surface area contributed by atoms with Crippen molar-refractivity contribution >= 4 is 51.7 Å². The summed E-state index contributed by atoms with van der Waals surface area (Å²) in [4.78, 5) is 23.1. The summed E-state index contributed by atoms with van der Waals surface area (Å²) < 4.78 is 0.765. The van der Waals surface area contributed by atoms with Crippen LogP contribution in [0.4, 0.5) is 5.69 Å². The van der Waals surface area contributed by atoms with Gasteiger partial charge in [-0.2, -0.15) is 0 Å².